The van der Waals surface area contributed by atoms with Crippen molar-refractivity contribution in [2.24, 2.45) is 5.73 Å². The summed E-state index contributed by atoms with van der Waals surface area (Å²) < 4.78 is 1.22. The summed E-state index contributed by atoms with van der Waals surface area (Å²) in [4.78, 5) is 14.0. The van der Waals surface area contributed by atoms with E-state index >= 15 is 0 Å². The van der Waals surface area contributed by atoms with Gasteiger partial charge in [-0.05, 0) is 54.0 Å². The standard InChI is InChI=1S/C13H17IN2O/c1-9(15)13(17)16-8-4-7-12(16)10-5-2-3-6-11(10)14/h2-3,5-6,9,12H,4,7-8,15H2,1H3/t9-,12?/m1/s1. The second-order valence-electron chi connectivity index (χ2n) is 4.50. The lowest BCUT2D eigenvalue weighted by Crippen LogP contribution is -2.41. The van der Waals surface area contributed by atoms with E-state index in [-0.39, 0.29) is 11.9 Å². The zero-order valence-corrected chi connectivity index (χ0v) is 12.1. The molecule has 1 saturated heterocycles. The van der Waals surface area contributed by atoms with Crippen molar-refractivity contribution in [2.75, 3.05) is 6.54 Å². The minimum atomic E-state index is -0.406. The zero-order chi connectivity index (χ0) is 12.4. The number of nitrogens with zero attached hydrogens (tertiary/aromatic N) is 1. The van der Waals surface area contributed by atoms with Gasteiger partial charge in [-0.3, -0.25) is 4.79 Å². The van der Waals surface area contributed by atoms with Crippen LogP contribution in [0.3, 0.4) is 0 Å². The maximum atomic E-state index is 12.0. The first kappa shape index (κ1) is 12.8. The lowest BCUT2D eigenvalue weighted by atomic mass is 10.0. The highest BCUT2D eigenvalue weighted by Crippen LogP contribution is 2.34. The number of benzene rings is 1. The molecule has 1 fully saturated rings. The van der Waals surface area contributed by atoms with Crippen molar-refractivity contribution in [1.29, 1.82) is 0 Å². The Hall–Kier alpha value is -0.620. The highest BCUT2D eigenvalue weighted by atomic mass is 127. The fourth-order valence-electron chi connectivity index (χ4n) is 2.36. The van der Waals surface area contributed by atoms with Crippen molar-refractivity contribution in [3.8, 4) is 0 Å². The van der Waals surface area contributed by atoms with E-state index in [1.807, 2.05) is 17.0 Å². The van der Waals surface area contributed by atoms with Crippen LogP contribution in [0, 0.1) is 3.57 Å². The van der Waals surface area contributed by atoms with Crippen LogP contribution in [0.25, 0.3) is 0 Å². The number of nitrogens with two attached hydrogens (primary N) is 1. The van der Waals surface area contributed by atoms with Gasteiger partial charge in [-0.2, -0.15) is 0 Å². The van der Waals surface area contributed by atoms with Crippen LogP contribution in [0.2, 0.25) is 0 Å². The molecule has 2 atom stereocenters. The van der Waals surface area contributed by atoms with Crippen LogP contribution in [0.1, 0.15) is 31.4 Å². The molecule has 92 valence electrons. The first-order valence-corrected chi connectivity index (χ1v) is 6.99. The van der Waals surface area contributed by atoms with Crippen LogP contribution in [-0.4, -0.2) is 23.4 Å². The molecule has 0 aliphatic carbocycles. The van der Waals surface area contributed by atoms with Crippen molar-refractivity contribution >= 4 is 28.5 Å². The van der Waals surface area contributed by atoms with E-state index in [1.54, 1.807) is 6.92 Å². The minimum Gasteiger partial charge on any atom is -0.334 e. The molecule has 1 aromatic carbocycles. The Morgan fingerprint density at radius 3 is 2.88 bits per heavy atom. The summed E-state index contributed by atoms with van der Waals surface area (Å²) in [6.45, 7) is 2.59. The molecule has 0 spiro atoms. The number of carbonyl (C=O) groups is 1. The molecule has 2 N–H and O–H groups in total. The van der Waals surface area contributed by atoms with Crippen LogP contribution < -0.4 is 5.73 Å². The average Bonchev–Trinajstić information content (AvgIpc) is 2.77. The van der Waals surface area contributed by atoms with Gasteiger partial charge in [0.25, 0.3) is 0 Å². The van der Waals surface area contributed by atoms with Crippen molar-refractivity contribution in [3.63, 3.8) is 0 Å². The normalized spacial score (nSPS) is 21.6. The summed E-state index contributed by atoms with van der Waals surface area (Å²) in [5, 5.41) is 0. The molecule has 1 heterocycles. The van der Waals surface area contributed by atoms with Gasteiger partial charge in [-0.1, -0.05) is 18.2 Å². The van der Waals surface area contributed by atoms with Crippen molar-refractivity contribution in [3.05, 3.63) is 33.4 Å². The number of likely N-dealkylation sites (tertiary alicyclic amines) is 1. The molecule has 1 unspecified atom stereocenters. The first-order chi connectivity index (χ1) is 8.11. The molecule has 1 aliphatic rings. The molecular weight excluding hydrogens is 327 g/mol. The Morgan fingerprint density at radius 2 is 2.24 bits per heavy atom. The second kappa shape index (κ2) is 5.35. The summed E-state index contributed by atoms with van der Waals surface area (Å²) in [6.07, 6.45) is 2.10. The van der Waals surface area contributed by atoms with Crippen molar-refractivity contribution in [2.45, 2.75) is 31.8 Å². The van der Waals surface area contributed by atoms with E-state index in [0.29, 0.717) is 0 Å². The Labute approximate surface area is 116 Å². The smallest absolute Gasteiger partial charge is 0.239 e. The number of hydrogen-bond donors (Lipinski definition) is 1. The van der Waals surface area contributed by atoms with Gasteiger partial charge in [0.2, 0.25) is 5.91 Å². The van der Waals surface area contributed by atoms with E-state index in [0.717, 1.165) is 19.4 Å². The maximum Gasteiger partial charge on any atom is 0.239 e. The molecule has 0 aromatic heterocycles. The number of rotatable bonds is 2. The topological polar surface area (TPSA) is 46.3 Å². The molecule has 0 bridgehead atoms. The number of hydrogen-bond acceptors (Lipinski definition) is 2. The minimum absolute atomic E-state index is 0.0622. The highest BCUT2D eigenvalue weighted by Gasteiger charge is 2.32. The second-order valence-corrected chi connectivity index (χ2v) is 5.66. The zero-order valence-electron chi connectivity index (χ0n) is 9.90. The van der Waals surface area contributed by atoms with E-state index in [9.17, 15) is 4.79 Å². The predicted octanol–water partition coefficient (Wildman–Crippen LogP) is 2.30. The fourth-order valence-corrected chi connectivity index (χ4v) is 3.11. The fraction of sp³-hybridized carbons (Fsp3) is 0.462. The first-order valence-electron chi connectivity index (χ1n) is 5.91. The molecule has 1 amide bonds. The third-order valence-corrected chi connectivity index (χ3v) is 4.17. The summed E-state index contributed by atoms with van der Waals surface area (Å²) >= 11 is 2.33. The van der Waals surface area contributed by atoms with E-state index in [2.05, 4.69) is 34.7 Å². The SMILES string of the molecule is C[C@@H](N)C(=O)N1CCCC1c1ccccc1I. The molecule has 3 nitrogen and oxygen atoms in total. The van der Waals surface area contributed by atoms with Gasteiger partial charge < -0.3 is 10.6 Å². The molecule has 17 heavy (non-hydrogen) atoms. The number of amides is 1. The Balaban J connectivity index is 2.26. The summed E-state index contributed by atoms with van der Waals surface area (Å²) in [7, 11) is 0. The van der Waals surface area contributed by atoms with Gasteiger partial charge in [0.1, 0.15) is 0 Å². The third kappa shape index (κ3) is 2.63. The largest absolute Gasteiger partial charge is 0.334 e. The Bertz CT molecular complexity index is 420. The van der Waals surface area contributed by atoms with Gasteiger partial charge >= 0.3 is 0 Å². The lowest BCUT2D eigenvalue weighted by Gasteiger charge is -2.27. The summed E-state index contributed by atoms with van der Waals surface area (Å²) in [5.74, 6) is 0.0622. The number of halogens is 1. The summed E-state index contributed by atoms with van der Waals surface area (Å²) in [5.41, 5.74) is 6.95. The Kier molecular flexibility index (Phi) is 4.04. The molecule has 0 saturated carbocycles. The third-order valence-electron chi connectivity index (χ3n) is 3.19. The van der Waals surface area contributed by atoms with E-state index in [4.69, 9.17) is 5.73 Å². The molecule has 4 heteroatoms. The van der Waals surface area contributed by atoms with E-state index in [1.165, 1.54) is 9.13 Å². The lowest BCUT2D eigenvalue weighted by molar-refractivity contribution is -0.133. The summed E-state index contributed by atoms with van der Waals surface area (Å²) in [6, 6.07) is 8.06. The van der Waals surface area contributed by atoms with Crippen LogP contribution >= 0.6 is 22.6 Å². The predicted molar refractivity (Wildman–Crippen MR) is 76.5 cm³/mol. The molecule has 1 aliphatic heterocycles. The highest BCUT2D eigenvalue weighted by molar-refractivity contribution is 14.1. The molecular formula is C13H17IN2O. The average molecular weight is 344 g/mol. The van der Waals surface area contributed by atoms with E-state index < -0.39 is 6.04 Å². The van der Waals surface area contributed by atoms with Crippen LogP contribution in [0.5, 0.6) is 0 Å². The molecule has 1 aromatic rings. The van der Waals surface area contributed by atoms with Crippen LogP contribution in [-0.2, 0) is 4.79 Å². The van der Waals surface area contributed by atoms with Crippen molar-refractivity contribution < 1.29 is 4.79 Å². The Morgan fingerprint density at radius 1 is 1.53 bits per heavy atom. The van der Waals surface area contributed by atoms with Gasteiger partial charge in [0.05, 0.1) is 12.1 Å². The van der Waals surface area contributed by atoms with Crippen LogP contribution in [0.15, 0.2) is 24.3 Å². The van der Waals surface area contributed by atoms with Crippen molar-refractivity contribution in [1.82, 2.24) is 4.90 Å². The van der Waals surface area contributed by atoms with Gasteiger partial charge in [0.15, 0.2) is 0 Å². The molecule has 0 radical (unpaired) electrons. The number of carbonyl (C=O) groups excluding carboxylic acids is 1. The maximum absolute atomic E-state index is 12.0. The van der Waals surface area contributed by atoms with Gasteiger partial charge in [0, 0.05) is 10.1 Å². The molecule has 2 rings (SSSR count). The monoisotopic (exact) mass is 344 g/mol. The van der Waals surface area contributed by atoms with Gasteiger partial charge in [-0.15, -0.1) is 0 Å². The van der Waals surface area contributed by atoms with Gasteiger partial charge in [-0.25, -0.2) is 0 Å². The quantitative estimate of drug-likeness (QED) is 0.837. The van der Waals surface area contributed by atoms with Crippen LogP contribution in [0.4, 0.5) is 0 Å².